The molecule has 0 amide bonds. The van der Waals surface area contributed by atoms with Crippen LogP contribution in [0.1, 0.15) is 38.3 Å². The van der Waals surface area contributed by atoms with Crippen LogP contribution in [0.4, 0.5) is 0 Å². The van der Waals surface area contributed by atoms with Gasteiger partial charge in [-0.25, -0.2) is 4.79 Å². The minimum Gasteiger partial charge on any atom is -0.489 e. The maximum atomic E-state index is 12.1. The molecule has 4 nitrogen and oxygen atoms in total. The maximum Gasteiger partial charge on any atom is 0.331 e. The monoisotopic (exact) mass is 355 g/mol. The van der Waals surface area contributed by atoms with E-state index < -0.39 is 0 Å². The number of carbonyl (C=O) groups is 1. The zero-order valence-corrected chi connectivity index (χ0v) is 16.2. The number of nitrogens with zero attached hydrogens (tertiary/aromatic N) is 1. The third kappa shape index (κ3) is 3.70. The molecule has 1 heterocycles. The van der Waals surface area contributed by atoms with Crippen LogP contribution < -0.4 is 4.74 Å². The number of allylic oxidation sites excluding steroid dienone is 1. The summed E-state index contributed by atoms with van der Waals surface area (Å²) < 4.78 is 11.5. The second-order valence-corrected chi connectivity index (χ2v) is 7.34. The molecule has 0 radical (unpaired) electrons. The van der Waals surface area contributed by atoms with Crippen LogP contribution >= 0.6 is 0 Å². The SMILES string of the molecule is CCN(CC)CCOC(=O)/C=C1/C=CC2(C)c3cc(C)ccc3OC2C1. The number of likely N-dealkylation sites (N-methyl/N-ethyl adjacent to an activating group) is 1. The first kappa shape index (κ1) is 18.7. The summed E-state index contributed by atoms with van der Waals surface area (Å²) in [4.78, 5) is 14.3. The predicted octanol–water partition coefficient (Wildman–Crippen LogP) is 3.79. The summed E-state index contributed by atoms with van der Waals surface area (Å²) in [5.74, 6) is 0.683. The minimum atomic E-state index is -0.272. The van der Waals surface area contributed by atoms with Crippen LogP contribution in [0.3, 0.4) is 0 Å². The number of hydrogen-bond acceptors (Lipinski definition) is 4. The van der Waals surface area contributed by atoms with Gasteiger partial charge in [-0.1, -0.05) is 43.7 Å². The van der Waals surface area contributed by atoms with Crippen LogP contribution in [0, 0.1) is 6.92 Å². The van der Waals surface area contributed by atoms with E-state index in [1.165, 1.54) is 11.1 Å². The number of rotatable bonds is 6. The van der Waals surface area contributed by atoms with Gasteiger partial charge < -0.3 is 14.4 Å². The van der Waals surface area contributed by atoms with Gasteiger partial charge in [0.15, 0.2) is 0 Å². The van der Waals surface area contributed by atoms with Gasteiger partial charge in [0, 0.05) is 24.6 Å². The molecule has 2 atom stereocenters. The van der Waals surface area contributed by atoms with Crippen molar-refractivity contribution in [2.75, 3.05) is 26.2 Å². The van der Waals surface area contributed by atoms with Crippen molar-refractivity contribution in [3.8, 4) is 5.75 Å². The van der Waals surface area contributed by atoms with E-state index in [4.69, 9.17) is 9.47 Å². The molecule has 0 saturated heterocycles. The van der Waals surface area contributed by atoms with Gasteiger partial charge in [-0.2, -0.15) is 0 Å². The molecule has 2 aliphatic rings. The summed E-state index contributed by atoms with van der Waals surface area (Å²) in [6, 6.07) is 6.33. The van der Waals surface area contributed by atoms with Crippen molar-refractivity contribution in [3.63, 3.8) is 0 Å². The van der Waals surface area contributed by atoms with Crippen molar-refractivity contribution in [2.24, 2.45) is 0 Å². The lowest BCUT2D eigenvalue weighted by molar-refractivity contribution is -0.138. The second-order valence-electron chi connectivity index (χ2n) is 7.34. The fourth-order valence-electron chi connectivity index (χ4n) is 3.74. The molecule has 0 aromatic heterocycles. The number of hydrogen-bond donors (Lipinski definition) is 0. The average Bonchev–Trinajstić information content (AvgIpc) is 2.91. The molecule has 0 fully saturated rings. The van der Waals surface area contributed by atoms with Gasteiger partial charge in [0.1, 0.15) is 18.5 Å². The Kier molecular flexibility index (Phi) is 5.52. The summed E-state index contributed by atoms with van der Waals surface area (Å²) in [7, 11) is 0. The fraction of sp³-hybridized carbons (Fsp3) is 0.500. The minimum absolute atomic E-state index is 0.0269. The Morgan fingerprint density at radius 1 is 1.38 bits per heavy atom. The van der Waals surface area contributed by atoms with Crippen LogP contribution in [0.15, 0.2) is 42.0 Å². The topological polar surface area (TPSA) is 38.8 Å². The number of aryl methyl sites for hydroxylation is 1. The highest BCUT2D eigenvalue weighted by atomic mass is 16.5. The molecule has 0 bridgehead atoms. The second kappa shape index (κ2) is 7.67. The Morgan fingerprint density at radius 3 is 2.88 bits per heavy atom. The molecule has 140 valence electrons. The van der Waals surface area contributed by atoms with E-state index in [1.807, 2.05) is 12.1 Å². The molecule has 0 saturated carbocycles. The first-order chi connectivity index (χ1) is 12.5. The highest BCUT2D eigenvalue weighted by molar-refractivity contribution is 5.83. The van der Waals surface area contributed by atoms with Crippen molar-refractivity contribution >= 4 is 5.97 Å². The van der Waals surface area contributed by atoms with Gasteiger partial charge in [-0.05, 0) is 38.6 Å². The summed E-state index contributed by atoms with van der Waals surface area (Å²) in [5, 5.41) is 0. The smallest absolute Gasteiger partial charge is 0.331 e. The van der Waals surface area contributed by atoms with Crippen LogP contribution in [-0.2, 0) is 14.9 Å². The van der Waals surface area contributed by atoms with Crippen molar-refractivity contribution in [2.45, 2.75) is 45.6 Å². The molecule has 1 aromatic rings. The normalized spacial score (nSPS) is 25.1. The van der Waals surface area contributed by atoms with Gasteiger partial charge in [-0.3, -0.25) is 0 Å². The molecule has 2 unspecified atom stereocenters. The van der Waals surface area contributed by atoms with Crippen molar-refractivity contribution < 1.29 is 14.3 Å². The molecule has 1 aliphatic carbocycles. The van der Waals surface area contributed by atoms with Crippen LogP contribution in [0.25, 0.3) is 0 Å². The maximum absolute atomic E-state index is 12.1. The van der Waals surface area contributed by atoms with Gasteiger partial charge in [0.05, 0.1) is 5.41 Å². The van der Waals surface area contributed by atoms with E-state index in [0.717, 1.165) is 31.0 Å². The van der Waals surface area contributed by atoms with Crippen LogP contribution in [-0.4, -0.2) is 43.2 Å². The third-order valence-corrected chi connectivity index (χ3v) is 5.57. The first-order valence-electron chi connectivity index (χ1n) is 9.53. The molecular weight excluding hydrogens is 326 g/mol. The quantitative estimate of drug-likeness (QED) is 0.575. The van der Waals surface area contributed by atoms with Crippen molar-refractivity contribution in [3.05, 3.63) is 53.1 Å². The predicted molar refractivity (Wildman–Crippen MR) is 104 cm³/mol. The Bertz CT molecular complexity index is 733. The highest BCUT2D eigenvalue weighted by Gasteiger charge is 2.45. The summed E-state index contributed by atoms with van der Waals surface area (Å²) in [6.45, 7) is 11.7. The van der Waals surface area contributed by atoms with E-state index in [2.05, 4.69) is 50.8 Å². The van der Waals surface area contributed by atoms with E-state index in [9.17, 15) is 4.79 Å². The first-order valence-corrected chi connectivity index (χ1v) is 9.53. The van der Waals surface area contributed by atoms with Gasteiger partial charge in [0.25, 0.3) is 0 Å². The summed E-state index contributed by atoms with van der Waals surface area (Å²) in [5.41, 5.74) is 3.30. The molecule has 26 heavy (non-hydrogen) atoms. The number of fused-ring (bicyclic) bond motifs is 3. The van der Waals surface area contributed by atoms with Crippen LogP contribution in [0.5, 0.6) is 5.75 Å². The Hall–Kier alpha value is -2.07. The van der Waals surface area contributed by atoms with Gasteiger partial charge in [0.2, 0.25) is 0 Å². The molecule has 0 spiro atoms. The average molecular weight is 355 g/mol. The number of benzene rings is 1. The zero-order chi connectivity index (χ0) is 18.7. The van der Waals surface area contributed by atoms with E-state index in [0.29, 0.717) is 13.0 Å². The molecule has 0 N–H and O–H groups in total. The summed E-state index contributed by atoms with van der Waals surface area (Å²) >= 11 is 0. The van der Waals surface area contributed by atoms with Gasteiger partial charge >= 0.3 is 5.97 Å². The lowest BCUT2D eigenvalue weighted by Gasteiger charge is -2.31. The van der Waals surface area contributed by atoms with Gasteiger partial charge in [-0.15, -0.1) is 0 Å². The number of ether oxygens (including phenoxy) is 2. The molecular formula is C22H29NO3. The van der Waals surface area contributed by atoms with E-state index >= 15 is 0 Å². The van der Waals surface area contributed by atoms with Crippen LogP contribution in [0.2, 0.25) is 0 Å². The Labute approximate surface area is 156 Å². The highest BCUT2D eigenvalue weighted by Crippen LogP contribution is 2.48. The lowest BCUT2D eigenvalue weighted by Crippen LogP contribution is -2.36. The molecule has 1 aromatic carbocycles. The Balaban J connectivity index is 1.64. The van der Waals surface area contributed by atoms with Crippen molar-refractivity contribution in [1.82, 2.24) is 4.90 Å². The van der Waals surface area contributed by atoms with E-state index in [-0.39, 0.29) is 17.5 Å². The Morgan fingerprint density at radius 2 is 2.15 bits per heavy atom. The largest absolute Gasteiger partial charge is 0.489 e. The number of esters is 1. The van der Waals surface area contributed by atoms with Crippen molar-refractivity contribution in [1.29, 1.82) is 0 Å². The number of carbonyl (C=O) groups excluding carboxylic acids is 1. The standard InChI is InChI=1S/C22H29NO3/c1-5-23(6-2)11-12-25-21(24)15-17-9-10-22(4)18-13-16(3)7-8-19(18)26-20(22)14-17/h7-10,13,15,20H,5-6,11-12,14H2,1-4H3/b17-15-. The molecule has 3 rings (SSSR count). The fourth-order valence-corrected chi connectivity index (χ4v) is 3.74. The van der Waals surface area contributed by atoms with E-state index in [1.54, 1.807) is 6.08 Å². The molecule has 1 aliphatic heterocycles. The summed E-state index contributed by atoms with van der Waals surface area (Å²) in [6.07, 6.45) is 6.56. The zero-order valence-electron chi connectivity index (χ0n) is 16.2. The lowest BCUT2D eigenvalue weighted by atomic mass is 9.73. The molecule has 4 heteroatoms. The third-order valence-electron chi connectivity index (χ3n) is 5.57.